The molecule has 0 unspecified atom stereocenters. The number of hydrogen-bond donors (Lipinski definition) is 0. The lowest BCUT2D eigenvalue weighted by Crippen LogP contribution is -1.85. The van der Waals surface area contributed by atoms with E-state index in [4.69, 9.17) is 0 Å². The minimum absolute atomic E-state index is 1.37. The second-order valence-electron chi connectivity index (χ2n) is 52.6. The summed E-state index contributed by atoms with van der Waals surface area (Å²) >= 11 is 0. The van der Waals surface area contributed by atoms with E-state index in [1.54, 1.807) is 0 Å². The third kappa shape index (κ3) is 148. The molecule has 0 N–H and O–H groups in total. The normalized spacial score (nSPS) is 11.9. The van der Waals surface area contributed by atoms with E-state index in [1.807, 2.05) is 0 Å². The Kier molecular flexibility index (Phi) is 149. The first-order chi connectivity index (χ1) is 74.9. The van der Waals surface area contributed by atoms with E-state index in [-0.39, 0.29) is 0 Å². The van der Waals surface area contributed by atoms with Crippen molar-refractivity contribution in [1.82, 2.24) is 0 Å². The molecule has 0 spiro atoms. The van der Waals surface area contributed by atoms with Gasteiger partial charge >= 0.3 is 0 Å². The van der Waals surface area contributed by atoms with Gasteiger partial charge in [-0.3, -0.25) is 0 Å². The quantitative estimate of drug-likeness (QED) is 0.0533. The molecule has 0 aliphatic heterocycles. The summed E-state index contributed by atoms with van der Waals surface area (Å²) in [5, 5.41) is 0. The maximum atomic E-state index is 2.32. The Labute approximate surface area is 957 Å². The predicted octanol–water partition coefficient (Wildman–Crippen LogP) is 58.8. The monoisotopic (exact) mass is 2100 g/mol. The topological polar surface area (TPSA) is 0 Å². The number of hydrogen-bond acceptors (Lipinski definition) is 0. The number of rotatable bonds is 147. The Balaban J connectivity index is 3.11. The van der Waals surface area contributed by atoms with Crippen LogP contribution in [0.1, 0.15) is 964 Å². The van der Waals surface area contributed by atoms with Gasteiger partial charge in [0.1, 0.15) is 0 Å². The molecule has 0 amide bonds. The summed E-state index contributed by atoms with van der Waals surface area (Å²) < 4.78 is 0. The molecule has 0 heterocycles. The molecule has 0 aromatic heterocycles. The van der Waals surface area contributed by atoms with Crippen LogP contribution in [0.15, 0.2) is 0 Å². The summed E-state index contributed by atoms with van der Waals surface area (Å²) in [4.78, 5) is 0. The lowest BCUT2D eigenvalue weighted by atomic mass is 10.0. The van der Waals surface area contributed by atoms with Crippen molar-refractivity contribution in [3.8, 4) is 0 Å². The van der Waals surface area contributed by atoms with Crippen molar-refractivity contribution in [3.63, 3.8) is 0 Å². The zero-order valence-corrected chi connectivity index (χ0v) is 107. The highest BCUT2D eigenvalue weighted by Gasteiger charge is 2.09. The van der Waals surface area contributed by atoms with Gasteiger partial charge in [-0.15, -0.1) is 0 Å². The summed E-state index contributed by atoms with van der Waals surface area (Å²) in [6.45, 7) is 4.64. The fourth-order valence-electron chi connectivity index (χ4n) is 26.0. The highest BCUT2D eigenvalue weighted by molar-refractivity contribution is 4.65. The van der Waals surface area contributed by atoms with Crippen LogP contribution in [0.2, 0.25) is 0 Å². The molecule has 0 aromatic carbocycles. The SMILES string of the molecule is CCCCCCCCCCCCCCCCCCCCCCCCCCCCCCCCCCCCCCCCCCCCCCCCCCCCCCCCCCCCCCCCCCCCCCCCCCCCCCCCCCCCCCCCCCCCCCCCCCCCCCCCCCCCCCCCCCCCCCCCCCCCCCCCCCCCCCCCCCCCCCCCCCCCCC. The van der Waals surface area contributed by atoms with Gasteiger partial charge in [0.05, 0.1) is 0 Å². The molecule has 902 valence electrons. The fourth-order valence-corrected chi connectivity index (χ4v) is 26.0. The van der Waals surface area contributed by atoms with Crippen molar-refractivity contribution in [2.75, 3.05) is 0 Å². The van der Waals surface area contributed by atoms with E-state index in [9.17, 15) is 0 Å². The van der Waals surface area contributed by atoms with Crippen molar-refractivity contribution in [2.45, 2.75) is 964 Å². The maximum absolute atomic E-state index is 2.32. The third-order valence-corrected chi connectivity index (χ3v) is 37.0. The third-order valence-electron chi connectivity index (χ3n) is 37.0. The zero-order chi connectivity index (χ0) is 107. The molecule has 150 heavy (non-hydrogen) atoms. The van der Waals surface area contributed by atoms with Gasteiger partial charge in [0.2, 0.25) is 0 Å². The molecule has 0 saturated carbocycles. The van der Waals surface area contributed by atoms with Crippen molar-refractivity contribution in [2.24, 2.45) is 0 Å². The Bertz CT molecular complexity index is 1750. The van der Waals surface area contributed by atoms with Gasteiger partial charge in [-0.25, -0.2) is 0 Å². The second-order valence-corrected chi connectivity index (χ2v) is 52.6. The smallest absolute Gasteiger partial charge is 0.0533 e. The van der Waals surface area contributed by atoms with Gasteiger partial charge in [0.15, 0.2) is 0 Å². The van der Waals surface area contributed by atoms with E-state index < -0.39 is 0 Å². The average Bonchev–Trinajstić information content (AvgIpc) is 1.12. The molecule has 0 radical (unpaired) electrons. The van der Waals surface area contributed by atoms with Gasteiger partial charge in [-0.05, 0) is 0 Å². The first-order valence-electron chi connectivity index (χ1n) is 74.9. The molecule has 0 bridgehead atoms. The van der Waals surface area contributed by atoms with Gasteiger partial charge < -0.3 is 0 Å². The van der Waals surface area contributed by atoms with Crippen molar-refractivity contribution >= 4 is 0 Å². The molecule has 0 rings (SSSR count). The Morgan fingerprint density at radius 2 is 0.0533 bits per heavy atom. The molecular weight excluding hydrogens is 1800 g/mol. The minimum atomic E-state index is 1.37. The largest absolute Gasteiger partial charge is 0.0654 e. The minimum Gasteiger partial charge on any atom is -0.0654 e. The Hall–Kier alpha value is 0. The van der Waals surface area contributed by atoms with E-state index in [2.05, 4.69) is 13.8 Å². The molecular formula is C150H302. The molecule has 0 nitrogen and oxygen atoms in total. The first kappa shape index (κ1) is 150. The highest BCUT2D eigenvalue weighted by Crippen LogP contribution is 2.29. The highest BCUT2D eigenvalue weighted by atomic mass is 14.2. The van der Waals surface area contributed by atoms with E-state index >= 15 is 0 Å². The van der Waals surface area contributed by atoms with Crippen LogP contribution in [0.5, 0.6) is 0 Å². The lowest BCUT2D eigenvalue weighted by molar-refractivity contribution is 0.504. The molecule has 0 heteroatoms. The molecule has 0 atom stereocenters. The van der Waals surface area contributed by atoms with Gasteiger partial charge in [-0.2, -0.15) is 0 Å². The lowest BCUT2D eigenvalue weighted by Gasteiger charge is -2.05. The van der Waals surface area contributed by atoms with Crippen molar-refractivity contribution in [3.05, 3.63) is 0 Å². The first-order valence-corrected chi connectivity index (χ1v) is 74.9. The van der Waals surface area contributed by atoms with Gasteiger partial charge in [0, 0.05) is 0 Å². The van der Waals surface area contributed by atoms with Crippen LogP contribution in [0.3, 0.4) is 0 Å². The second kappa shape index (κ2) is 149. The maximum Gasteiger partial charge on any atom is -0.0533 e. The molecule has 0 saturated heterocycles. The molecule has 0 aliphatic rings. The summed E-state index contributed by atoms with van der Waals surface area (Å²) in [7, 11) is 0. The Morgan fingerprint density at radius 1 is 0.0333 bits per heavy atom. The summed E-state index contributed by atoms with van der Waals surface area (Å²) in [6.07, 6.45) is 221. The van der Waals surface area contributed by atoms with E-state index in [0.29, 0.717) is 0 Å². The van der Waals surface area contributed by atoms with Crippen LogP contribution in [-0.2, 0) is 0 Å². The average molecular weight is 2110 g/mol. The summed E-state index contributed by atoms with van der Waals surface area (Å²) in [6, 6.07) is 0. The number of unbranched alkanes of at least 4 members (excludes halogenated alkanes) is 147. The van der Waals surface area contributed by atoms with Crippen molar-refractivity contribution < 1.29 is 0 Å². The van der Waals surface area contributed by atoms with Crippen LogP contribution < -0.4 is 0 Å². The fraction of sp³-hybridized carbons (Fsp3) is 1.00. The summed E-state index contributed by atoms with van der Waals surface area (Å²) in [5.74, 6) is 0. The molecule has 0 aromatic rings. The van der Waals surface area contributed by atoms with Crippen LogP contribution in [0.25, 0.3) is 0 Å². The molecule has 0 aliphatic carbocycles. The van der Waals surface area contributed by atoms with Gasteiger partial charge in [-0.1, -0.05) is 964 Å². The predicted molar refractivity (Wildman–Crippen MR) is 695 cm³/mol. The van der Waals surface area contributed by atoms with E-state index in [0.717, 1.165) is 0 Å². The van der Waals surface area contributed by atoms with Crippen LogP contribution in [0, 0.1) is 0 Å². The van der Waals surface area contributed by atoms with E-state index in [1.165, 1.54) is 950 Å². The Morgan fingerprint density at radius 3 is 0.0733 bits per heavy atom. The standard InChI is InChI=1S/C150H302/c1-3-5-7-9-11-13-15-17-19-21-23-25-27-29-31-33-35-37-39-41-43-45-47-49-51-53-55-57-59-61-63-65-67-69-71-73-75-77-79-81-83-85-87-89-91-93-95-97-99-101-103-105-107-109-111-113-115-117-119-121-123-125-127-129-131-133-135-137-139-141-143-145-147-149-150-148-146-144-142-140-138-136-134-132-130-128-126-124-122-120-118-116-114-112-110-108-106-104-102-100-98-96-94-92-90-88-86-84-82-80-78-76-74-72-70-68-66-64-62-60-58-56-54-52-50-48-46-44-42-40-38-36-34-32-30-28-26-24-22-20-18-16-14-12-10-8-6-4-2/h3-150H2,1-2H3. The van der Waals surface area contributed by atoms with Crippen LogP contribution >= 0.6 is 0 Å². The summed E-state index contributed by atoms with van der Waals surface area (Å²) in [5.41, 5.74) is 0. The van der Waals surface area contributed by atoms with Crippen LogP contribution in [0.4, 0.5) is 0 Å². The van der Waals surface area contributed by atoms with Gasteiger partial charge in [0.25, 0.3) is 0 Å². The van der Waals surface area contributed by atoms with Crippen molar-refractivity contribution in [1.29, 1.82) is 0 Å². The molecule has 0 fully saturated rings. The van der Waals surface area contributed by atoms with Crippen LogP contribution in [-0.4, -0.2) is 0 Å². The zero-order valence-electron chi connectivity index (χ0n) is 107.